The first-order valence-electron chi connectivity index (χ1n) is 7.62. The molecule has 1 rings (SSSR count). The van der Waals surface area contributed by atoms with Crippen LogP contribution in [0.25, 0.3) is 0 Å². The van der Waals surface area contributed by atoms with Crippen LogP contribution in [0.1, 0.15) is 39.7 Å². The van der Waals surface area contributed by atoms with Crippen LogP contribution in [0.2, 0.25) is 0 Å². The van der Waals surface area contributed by atoms with Gasteiger partial charge in [-0.15, -0.1) is 0 Å². The van der Waals surface area contributed by atoms with E-state index in [1.807, 2.05) is 0 Å². The average molecular weight is 262 g/mol. The summed E-state index contributed by atoms with van der Waals surface area (Å²) >= 11 is 0. The summed E-state index contributed by atoms with van der Waals surface area (Å²) < 4.78 is 0. The molecule has 0 aliphatic carbocycles. The van der Waals surface area contributed by atoms with Crippen molar-refractivity contribution < 1.29 is 0 Å². The van der Waals surface area contributed by atoms with Crippen LogP contribution in [0, 0.1) is 5.92 Å². The second-order valence-corrected chi connectivity index (χ2v) is 5.82. The second kappa shape index (κ2) is 9.11. The van der Waals surface area contributed by atoms with Crippen molar-refractivity contribution in [2.75, 3.05) is 19.6 Å². The maximum Gasteiger partial charge on any atom is 0.0236 e. The largest absolute Gasteiger partial charge is 0.316 e. The van der Waals surface area contributed by atoms with Gasteiger partial charge in [0, 0.05) is 19.1 Å². The summed E-state index contributed by atoms with van der Waals surface area (Å²) in [5, 5.41) is 3.52. The third-order valence-corrected chi connectivity index (χ3v) is 3.42. The van der Waals surface area contributed by atoms with Crippen LogP contribution in [0.4, 0.5) is 0 Å². The quantitative estimate of drug-likeness (QED) is 0.685. The molecule has 0 fully saturated rings. The van der Waals surface area contributed by atoms with E-state index in [1.54, 1.807) is 0 Å². The van der Waals surface area contributed by atoms with Gasteiger partial charge in [0.15, 0.2) is 0 Å². The summed E-state index contributed by atoms with van der Waals surface area (Å²) in [4.78, 5) is 2.56. The highest BCUT2D eigenvalue weighted by Crippen LogP contribution is 2.10. The van der Waals surface area contributed by atoms with Gasteiger partial charge in [-0.1, -0.05) is 44.2 Å². The van der Waals surface area contributed by atoms with Crippen LogP contribution in [-0.2, 0) is 6.54 Å². The molecule has 0 radical (unpaired) electrons. The molecule has 0 aromatic heterocycles. The number of benzene rings is 1. The van der Waals surface area contributed by atoms with Gasteiger partial charge in [-0.25, -0.2) is 0 Å². The topological polar surface area (TPSA) is 15.3 Å². The smallest absolute Gasteiger partial charge is 0.0236 e. The zero-order chi connectivity index (χ0) is 14.1. The summed E-state index contributed by atoms with van der Waals surface area (Å²) in [6.45, 7) is 13.6. The Morgan fingerprint density at radius 1 is 1.11 bits per heavy atom. The molecule has 2 nitrogen and oxygen atoms in total. The Balaban J connectivity index is 2.44. The van der Waals surface area contributed by atoms with Crippen molar-refractivity contribution in [3.63, 3.8) is 0 Å². The molecule has 1 N–H and O–H groups in total. The van der Waals surface area contributed by atoms with Crippen LogP contribution >= 0.6 is 0 Å². The average Bonchev–Trinajstić information content (AvgIpc) is 2.39. The Hall–Kier alpha value is -0.860. The van der Waals surface area contributed by atoms with Crippen molar-refractivity contribution in [1.29, 1.82) is 0 Å². The molecule has 0 aliphatic heterocycles. The number of hydrogen-bond donors (Lipinski definition) is 1. The molecule has 1 aromatic rings. The van der Waals surface area contributed by atoms with E-state index >= 15 is 0 Å². The fourth-order valence-corrected chi connectivity index (χ4v) is 2.27. The van der Waals surface area contributed by atoms with Crippen molar-refractivity contribution >= 4 is 0 Å². The van der Waals surface area contributed by atoms with E-state index in [0.717, 1.165) is 26.2 Å². The van der Waals surface area contributed by atoms with Crippen LogP contribution in [0.3, 0.4) is 0 Å². The highest BCUT2D eigenvalue weighted by Gasteiger charge is 2.13. The standard InChI is InChI=1S/C17H30N2/c1-5-11-18-12-16(4)13-19(15(2)3)14-17-9-7-6-8-10-17/h6-10,15-16,18H,5,11-14H2,1-4H3. The first kappa shape index (κ1) is 16.2. The van der Waals surface area contributed by atoms with E-state index in [4.69, 9.17) is 0 Å². The zero-order valence-corrected chi connectivity index (χ0v) is 13.0. The van der Waals surface area contributed by atoms with E-state index in [-0.39, 0.29) is 0 Å². The first-order chi connectivity index (χ1) is 9.13. The predicted octanol–water partition coefficient (Wildman–Crippen LogP) is 3.53. The molecule has 19 heavy (non-hydrogen) atoms. The highest BCUT2D eigenvalue weighted by molar-refractivity contribution is 5.14. The number of nitrogens with zero attached hydrogens (tertiary/aromatic N) is 1. The third kappa shape index (κ3) is 6.74. The lowest BCUT2D eigenvalue weighted by Crippen LogP contribution is -2.37. The van der Waals surface area contributed by atoms with E-state index in [2.05, 4.69) is 68.2 Å². The molecule has 1 unspecified atom stereocenters. The number of hydrogen-bond acceptors (Lipinski definition) is 2. The normalized spacial score (nSPS) is 13.2. The maximum atomic E-state index is 3.52. The molecule has 0 bridgehead atoms. The summed E-state index contributed by atoms with van der Waals surface area (Å²) in [7, 11) is 0. The Labute approximate surface area is 119 Å². The van der Waals surface area contributed by atoms with Gasteiger partial charge in [-0.2, -0.15) is 0 Å². The minimum Gasteiger partial charge on any atom is -0.316 e. The van der Waals surface area contributed by atoms with Crippen LogP contribution in [0.5, 0.6) is 0 Å². The zero-order valence-electron chi connectivity index (χ0n) is 13.0. The molecule has 1 atom stereocenters. The fraction of sp³-hybridized carbons (Fsp3) is 0.647. The molecule has 108 valence electrons. The van der Waals surface area contributed by atoms with Crippen molar-refractivity contribution in [1.82, 2.24) is 10.2 Å². The van der Waals surface area contributed by atoms with E-state index in [0.29, 0.717) is 12.0 Å². The van der Waals surface area contributed by atoms with Crippen LogP contribution in [-0.4, -0.2) is 30.6 Å². The summed E-state index contributed by atoms with van der Waals surface area (Å²) in [5.41, 5.74) is 1.41. The molecular formula is C17H30N2. The lowest BCUT2D eigenvalue weighted by Gasteiger charge is -2.29. The van der Waals surface area contributed by atoms with Crippen molar-refractivity contribution in [3.05, 3.63) is 35.9 Å². The molecule has 0 spiro atoms. The Morgan fingerprint density at radius 3 is 2.37 bits per heavy atom. The lowest BCUT2D eigenvalue weighted by atomic mass is 10.1. The highest BCUT2D eigenvalue weighted by atomic mass is 15.1. The summed E-state index contributed by atoms with van der Waals surface area (Å²) in [6, 6.07) is 11.4. The Kier molecular flexibility index (Phi) is 7.76. The monoisotopic (exact) mass is 262 g/mol. The molecule has 0 saturated heterocycles. The van der Waals surface area contributed by atoms with E-state index < -0.39 is 0 Å². The minimum atomic E-state index is 0.592. The van der Waals surface area contributed by atoms with Gasteiger partial charge in [0.1, 0.15) is 0 Å². The van der Waals surface area contributed by atoms with Crippen LogP contribution in [0.15, 0.2) is 30.3 Å². The molecule has 0 saturated carbocycles. The SMILES string of the molecule is CCCNCC(C)CN(Cc1ccccc1)C(C)C. The minimum absolute atomic E-state index is 0.592. The van der Waals surface area contributed by atoms with Gasteiger partial charge >= 0.3 is 0 Å². The van der Waals surface area contributed by atoms with Gasteiger partial charge in [0.2, 0.25) is 0 Å². The predicted molar refractivity (Wildman–Crippen MR) is 84.3 cm³/mol. The summed E-state index contributed by atoms with van der Waals surface area (Å²) in [6.07, 6.45) is 1.21. The maximum absolute atomic E-state index is 3.52. The third-order valence-electron chi connectivity index (χ3n) is 3.42. The van der Waals surface area contributed by atoms with Gasteiger partial charge in [-0.3, -0.25) is 4.90 Å². The lowest BCUT2D eigenvalue weighted by molar-refractivity contribution is 0.182. The van der Waals surface area contributed by atoms with Crippen LogP contribution < -0.4 is 5.32 Å². The number of nitrogens with one attached hydrogen (secondary N) is 1. The number of rotatable bonds is 9. The molecule has 1 aromatic carbocycles. The van der Waals surface area contributed by atoms with Gasteiger partial charge in [0.25, 0.3) is 0 Å². The van der Waals surface area contributed by atoms with Gasteiger partial charge in [0.05, 0.1) is 0 Å². The van der Waals surface area contributed by atoms with E-state index in [1.165, 1.54) is 12.0 Å². The fourth-order valence-electron chi connectivity index (χ4n) is 2.27. The summed E-state index contributed by atoms with van der Waals surface area (Å²) in [5.74, 6) is 0.692. The van der Waals surface area contributed by atoms with Crippen molar-refractivity contribution in [2.45, 2.75) is 46.7 Å². The Morgan fingerprint density at radius 2 is 1.79 bits per heavy atom. The van der Waals surface area contributed by atoms with Gasteiger partial charge < -0.3 is 5.32 Å². The van der Waals surface area contributed by atoms with Crippen molar-refractivity contribution in [2.24, 2.45) is 5.92 Å². The van der Waals surface area contributed by atoms with Crippen molar-refractivity contribution in [3.8, 4) is 0 Å². The molecular weight excluding hydrogens is 232 g/mol. The van der Waals surface area contributed by atoms with Gasteiger partial charge in [-0.05, 0) is 44.8 Å². The molecule has 0 heterocycles. The molecule has 2 heteroatoms. The first-order valence-corrected chi connectivity index (χ1v) is 7.62. The second-order valence-electron chi connectivity index (χ2n) is 5.82. The van der Waals surface area contributed by atoms with E-state index in [9.17, 15) is 0 Å². The molecule has 0 aliphatic rings. The molecule has 0 amide bonds. The Bertz CT molecular complexity index is 321.